The van der Waals surface area contributed by atoms with Crippen LogP contribution in [0.25, 0.3) is 0 Å². The molecule has 0 saturated carbocycles. The molecule has 78 valence electrons. The summed E-state index contributed by atoms with van der Waals surface area (Å²) in [6.45, 7) is 1.91. The molecule has 2 N–H and O–H groups in total. The first kappa shape index (κ1) is 10.9. The fourth-order valence-corrected chi connectivity index (χ4v) is 1.66. The van der Waals surface area contributed by atoms with Crippen LogP contribution in [0.4, 0.5) is 0 Å². The van der Waals surface area contributed by atoms with E-state index >= 15 is 0 Å². The van der Waals surface area contributed by atoms with Gasteiger partial charge in [0.15, 0.2) is 6.29 Å². The molecule has 1 unspecified atom stereocenters. The Morgan fingerprint density at radius 1 is 1.31 bits per heavy atom. The molecule has 1 aliphatic rings. The fourth-order valence-electron chi connectivity index (χ4n) is 1.66. The molecule has 0 aromatic rings. The van der Waals surface area contributed by atoms with Gasteiger partial charge in [-0.15, -0.1) is 0 Å². The Bertz CT molecular complexity index is 155. The Morgan fingerprint density at radius 2 is 2.00 bits per heavy atom. The van der Waals surface area contributed by atoms with Gasteiger partial charge in [0.1, 0.15) is 6.10 Å². The van der Waals surface area contributed by atoms with E-state index in [1.54, 1.807) is 14.2 Å². The first-order valence-electron chi connectivity index (χ1n) is 4.29. The summed E-state index contributed by atoms with van der Waals surface area (Å²) in [5.41, 5.74) is 0. The highest BCUT2D eigenvalue weighted by Gasteiger charge is 2.37. The van der Waals surface area contributed by atoms with Crippen LogP contribution in [0.15, 0.2) is 0 Å². The maximum Gasteiger partial charge on any atom is 0.179 e. The zero-order chi connectivity index (χ0) is 9.84. The fraction of sp³-hybridized carbons (Fsp3) is 1.00. The van der Waals surface area contributed by atoms with E-state index in [1.807, 2.05) is 6.92 Å². The van der Waals surface area contributed by atoms with Crippen LogP contribution in [0.1, 0.15) is 13.3 Å². The van der Waals surface area contributed by atoms with Gasteiger partial charge in [-0.2, -0.15) is 0 Å². The molecule has 1 fully saturated rings. The average molecular weight is 191 g/mol. The maximum absolute atomic E-state index is 5.42. The predicted octanol–water partition coefficient (Wildman–Crippen LogP) is 0.0416. The molecule has 1 saturated heterocycles. The molecule has 4 atom stereocenters. The number of rotatable bonds is 3. The first-order valence-corrected chi connectivity index (χ1v) is 4.29. The number of ether oxygens (including phenoxy) is 3. The van der Waals surface area contributed by atoms with Crippen molar-refractivity contribution in [2.75, 3.05) is 14.2 Å². The third-order valence-electron chi connectivity index (χ3n) is 2.35. The highest BCUT2D eigenvalue weighted by molar-refractivity contribution is 4.82. The van der Waals surface area contributed by atoms with Crippen molar-refractivity contribution in [1.82, 2.24) is 0 Å². The van der Waals surface area contributed by atoms with Gasteiger partial charge in [0.25, 0.3) is 0 Å². The lowest BCUT2D eigenvalue weighted by molar-refractivity contribution is -0.256. The second-order valence-electron chi connectivity index (χ2n) is 3.12. The molecule has 1 aliphatic heterocycles. The van der Waals surface area contributed by atoms with Crippen LogP contribution in [0.3, 0.4) is 0 Å². The smallest absolute Gasteiger partial charge is 0.179 e. The van der Waals surface area contributed by atoms with Crippen LogP contribution in [-0.2, 0) is 19.0 Å². The van der Waals surface area contributed by atoms with Crippen LogP contribution in [0.2, 0.25) is 0 Å². The van der Waals surface area contributed by atoms with Crippen LogP contribution in [0.5, 0.6) is 0 Å². The van der Waals surface area contributed by atoms with Crippen molar-refractivity contribution in [3.05, 3.63) is 0 Å². The molecule has 0 aromatic heterocycles. The van der Waals surface area contributed by atoms with Crippen LogP contribution >= 0.6 is 0 Å². The van der Waals surface area contributed by atoms with Gasteiger partial charge in [-0.3, -0.25) is 4.84 Å². The molecule has 1 rings (SSSR count). The summed E-state index contributed by atoms with van der Waals surface area (Å²) in [7, 11) is 3.28. The normalized spacial score (nSPS) is 40.6. The number of hydrogen-bond donors (Lipinski definition) is 1. The molecule has 5 nitrogen and oxygen atoms in total. The van der Waals surface area contributed by atoms with Gasteiger partial charge < -0.3 is 14.2 Å². The van der Waals surface area contributed by atoms with Crippen molar-refractivity contribution in [3.8, 4) is 0 Å². The first-order chi connectivity index (χ1) is 6.22. The zero-order valence-electron chi connectivity index (χ0n) is 8.23. The molecule has 0 aromatic carbocycles. The Labute approximate surface area is 78.0 Å². The SMILES string of the molecule is COC1[C@H](C)O[C@@H](ON)C[C@@H]1OC. The second kappa shape index (κ2) is 4.88. The lowest BCUT2D eigenvalue weighted by atomic mass is 10.0. The summed E-state index contributed by atoms with van der Waals surface area (Å²) in [4.78, 5) is 4.63. The van der Waals surface area contributed by atoms with Crippen molar-refractivity contribution in [2.45, 2.75) is 37.9 Å². The van der Waals surface area contributed by atoms with E-state index in [2.05, 4.69) is 4.84 Å². The molecular formula is C8H17NO4. The van der Waals surface area contributed by atoms with Crippen molar-refractivity contribution in [3.63, 3.8) is 0 Å². The highest BCUT2D eigenvalue weighted by atomic mass is 16.8. The van der Waals surface area contributed by atoms with E-state index in [0.29, 0.717) is 6.42 Å². The molecule has 0 aliphatic carbocycles. The van der Waals surface area contributed by atoms with E-state index in [-0.39, 0.29) is 18.3 Å². The van der Waals surface area contributed by atoms with Gasteiger partial charge in [0.05, 0.1) is 12.2 Å². The Morgan fingerprint density at radius 3 is 2.46 bits per heavy atom. The third-order valence-corrected chi connectivity index (χ3v) is 2.35. The minimum absolute atomic E-state index is 0.0256. The molecular weight excluding hydrogens is 174 g/mol. The molecule has 5 heteroatoms. The van der Waals surface area contributed by atoms with Gasteiger partial charge in [0.2, 0.25) is 0 Å². The summed E-state index contributed by atoms with van der Waals surface area (Å²) in [6.07, 6.45) is 0.0397. The molecule has 0 amide bonds. The zero-order valence-corrected chi connectivity index (χ0v) is 8.23. The van der Waals surface area contributed by atoms with Gasteiger partial charge in [-0.25, -0.2) is 5.90 Å². The second-order valence-corrected chi connectivity index (χ2v) is 3.12. The molecule has 1 heterocycles. The minimum atomic E-state index is -0.397. The molecule has 0 bridgehead atoms. The molecule has 0 spiro atoms. The van der Waals surface area contributed by atoms with Gasteiger partial charge in [0, 0.05) is 20.6 Å². The van der Waals surface area contributed by atoms with E-state index in [9.17, 15) is 0 Å². The van der Waals surface area contributed by atoms with E-state index in [4.69, 9.17) is 20.1 Å². The summed E-state index contributed by atoms with van der Waals surface area (Å²) in [5, 5.41) is 0. The highest BCUT2D eigenvalue weighted by Crippen LogP contribution is 2.23. The third kappa shape index (κ3) is 2.38. The molecule has 13 heavy (non-hydrogen) atoms. The average Bonchev–Trinajstić information content (AvgIpc) is 2.16. The van der Waals surface area contributed by atoms with Crippen molar-refractivity contribution in [2.24, 2.45) is 5.90 Å². The Hall–Kier alpha value is -0.200. The molecule has 0 radical (unpaired) electrons. The van der Waals surface area contributed by atoms with Gasteiger partial charge in [-0.05, 0) is 6.92 Å². The summed E-state index contributed by atoms with van der Waals surface area (Å²) >= 11 is 0. The van der Waals surface area contributed by atoms with E-state index in [1.165, 1.54) is 0 Å². The summed E-state index contributed by atoms with van der Waals surface area (Å²) in [5.74, 6) is 5.05. The quantitative estimate of drug-likeness (QED) is 0.638. The summed E-state index contributed by atoms with van der Waals surface area (Å²) < 4.78 is 15.9. The van der Waals surface area contributed by atoms with Crippen LogP contribution in [-0.4, -0.2) is 38.8 Å². The van der Waals surface area contributed by atoms with Crippen LogP contribution < -0.4 is 5.90 Å². The number of nitrogens with two attached hydrogens (primary N) is 1. The predicted molar refractivity (Wildman–Crippen MR) is 45.8 cm³/mol. The monoisotopic (exact) mass is 191 g/mol. The lowest BCUT2D eigenvalue weighted by Crippen LogP contribution is -2.49. The van der Waals surface area contributed by atoms with Crippen molar-refractivity contribution < 1.29 is 19.0 Å². The topological polar surface area (TPSA) is 62.9 Å². The lowest BCUT2D eigenvalue weighted by Gasteiger charge is -2.37. The Balaban J connectivity index is 2.57. The van der Waals surface area contributed by atoms with Gasteiger partial charge in [-0.1, -0.05) is 0 Å². The van der Waals surface area contributed by atoms with E-state index in [0.717, 1.165) is 0 Å². The minimum Gasteiger partial charge on any atom is -0.378 e. The van der Waals surface area contributed by atoms with Crippen molar-refractivity contribution >= 4 is 0 Å². The number of hydrogen-bond acceptors (Lipinski definition) is 5. The largest absolute Gasteiger partial charge is 0.378 e. The summed E-state index contributed by atoms with van der Waals surface area (Å²) in [6, 6.07) is 0. The van der Waals surface area contributed by atoms with E-state index < -0.39 is 6.29 Å². The standard InChI is InChI=1S/C8H17NO4/c1-5-8(11-3)6(10-2)4-7(12-5)13-9/h5-8H,4,9H2,1-3H3/t5-,6-,7-,8?/m0/s1. The van der Waals surface area contributed by atoms with Gasteiger partial charge >= 0.3 is 0 Å². The van der Waals surface area contributed by atoms with Crippen molar-refractivity contribution in [1.29, 1.82) is 0 Å². The number of methoxy groups -OCH3 is 2. The maximum atomic E-state index is 5.42. The Kier molecular flexibility index (Phi) is 4.08. The van der Waals surface area contributed by atoms with Crippen LogP contribution in [0, 0.1) is 0 Å².